The third-order valence-electron chi connectivity index (χ3n) is 2.74. The van der Waals surface area contributed by atoms with Crippen LogP contribution in [0.2, 0.25) is 0 Å². The number of nitrogen functional groups attached to an aromatic ring is 1. The van der Waals surface area contributed by atoms with Gasteiger partial charge in [0, 0.05) is 18.5 Å². The van der Waals surface area contributed by atoms with Crippen LogP contribution in [0.4, 0.5) is 5.69 Å². The highest BCUT2D eigenvalue weighted by atomic mass is 14.6. The van der Waals surface area contributed by atoms with Gasteiger partial charge in [0.25, 0.3) is 0 Å². The van der Waals surface area contributed by atoms with Gasteiger partial charge in [-0.1, -0.05) is 6.07 Å². The first-order valence-corrected chi connectivity index (χ1v) is 5.31. The number of nitriles is 2. The van der Waals surface area contributed by atoms with Crippen LogP contribution < -0.4 is 5.73 Å². The van der Waals surface area contributed by atoms with Crippen LogP contribution >= 0.6 is 0 Å². The maximum atomic E-state index is 8.59. The molecular weight excluding hydrogens is 198 g/mol. The lowest BCUT2D eigenvalue weighted by Gasteiger charge is -2.12. The minimum Gasteiger partial charge on any atom is -0.398 e. The third kappa shape index (κ3) is 2.74. The van der Waals surface area contributed by atoms with Gasteiger partial charge < -0.3 is 5.73 Å². The molecule has 0 heterocycles. The number of nitrogens with zero attached hydrogens (tertiary/aromatic N) is 2. The number of anilines is 1. The Kier molecular flexibility index (Phi) is 4.36. The molecule has 0 aliphatic rings. The van der Waals surface area contributed by atoms with E-state index in [0.717, 1.165) is 28.8 Å². The molecule has 82 valence electrons. The molecule has 3 nitrogen and oxygen atoms in total. The van der Waals surface area contributed by atoms with E-state index in [0.29, 0.717) is 19.3 Å². The SMILES string of the molecule is Cc1c(CCC#N)ccc(N)c1CCC#N. The summed E-state index contributed by atoms with van der Waals surface area (Å²) in [6, 6.07) is 8.10. The number of rotatable bonds is 4. The van der Waals surface area contributed by atoms with Crippen LogP contribution in [-0.4, -0.2) is 0 Å². The molecule has 1 aromatic rings. The summed E-state index contributed by atoms with van der Waals surface area (Å²) in [7, 11) is 0. The molecule has 0 aliphatic carbocycles. The van der Waals surface area contributed by atoms with Crippen molar-refractivity contribution in [1.82, 2.24) is 0 Å². The van der Waals surface area contributed by atoms with Crippen molar-refractivity contribution < 1.29 is 0 Å². The van der Waals surface area contributed by atoms with E-state index in [9.17, 15) is 0 Å². The number of benzene rings is 1. The van der Waals surface area contributed by atoms with Gasteiger partial charge in [0.1, 0.15) is 0 Å². The highest BCUT2D eigenvalue weighted by molar-refractivity contribution is 5.53. The zero-order valence-electron chi connectivity index (χ0n) is 9.45. The normalized spacial score (nSPS) is 9.44. The van der Waals surface area contributed by atoms with Crippen molar-refractivity contribution in [2.24, 2.45) is 0 Å². The molecule has 1 rings (SSSR count). The highest BCUT2D eigenvalue weighted by Crippen LogP contribution is 2.23. The second-order valence-electron chi connectivity index (χ2n) is 3.73. The molecular formula is C13H15N3. The smallest absolute Gasteiger partial charge is 0.0625 e. The molecule has 1 aromatic carbocycles. The van der Waals surface area contributed by atoms with Gasteiger partial charge in [-0.3, -0.25) is 0 Å². The van der Waals surface area contributed by atoms with E-state index in [2.05, 4.69) is 12.1 Å². The summed E-state index contributed by atoms with van der Waals surface area (Å²) >= 11 is 0. The molecule has 0 fully saturated rings. The fraction of sp³-hybridized carbons (Fsp3) is 0.385. The summed E-state index contributed by atoms with van der Waals surface area (Å²) in [5.41, 5.74) is 9.97. The largest absolute Gasteiger partial charge is 0.398 e. The summed E-state index contributed by atoms with van der Waals surface area (Å²) in [4.78, 5) is 0. The summed E-state index contributed by atoms with van der Waals surface area (Å²) in [5.74, 6) is 0. The Labute approximate surface area is 96.1 Å². The lowest BCUT2D eigenvalue weighted by atomic mass is 9.95. The second kappa shape index (κ2) is 5.78. The van der Waals surface area contributed by atoms with Gasteiger partial charge in [0.05, 0.1) is 12.1 Å². The molecule has 0 unspecified atom stereocenters. The quantitative estimate of drug-likeness (QED) is 0.781. The van der Waals surface area contributed by atoms with Crippen molar-refractivity contribution in [2.75, 3.05) is 5.73 Å². The van der Waals surface area contributed by atoms with Crippen LogP contribution in [0, 0.1) is 29.6 Å². The van der Waals surface area contributed by atoms with Gasteiger partial charge in [-0.25, -0.2) is 0 Å². The van der Waals surface area contributed by atoms with Crippen LogP contribution in [0.5, 0.6) is 0 Å². The summed E-state index contributed by atoms with van der Waals surface area (Å²) < 4.78 is 0. The summed E-state index contributed by atoms with van der Waals surface area (Å²) in [6.07, 6.45) is 2.44. The molecule has 0 amide bonds. The Morgan fingerprint density at radius 3 is 2.38 bits per heavy atom. The molecule has 0 atom stereocenters. The van der Waals surface area contributed by atoms with Gasteiger partial charge in [-0.2, -0.15) is 10.5 Å². The minimum atomic E-state index is 0.479. The van der Waals surface area contributed by atoms with E-state index in [-0.39, 0.29) is 0 Å². The Morgan fingerprint density at radius 1 is 1.12 bits per heavy atom. The zero-order valence-corrected chi connectivity index (χ0v) is 9.45. The molecule has 3 heteroatoms. The zero-order chi connectivity index (χ0) is 12.0. The third-order valence-corrected chi connectivity index (χ3v) is 2.74. The predicted octanol–water partition coefficient (Wildman–Crippen LogP) is 2.49. The lowest BCUT2D eigenvalue weighted by molar-refractivity contribution is 0.955. The molecule has 0 saturated heterocycles. The maximum absolute atomic E-state index is 8.59. The van der Waals surface area contributed by atoms with Crippen LogP contribution in [0.3, 0.4) is 0 Å². The van der Waals surface area contributed by atoms with E-state index < -0.39 is 0 Å². The Hall–Kier alpha value is -2.00. The van der Waals surface area contributed by atoms with Crippen LogP contribution in [0.1, 0.15) is 29.5 Å². The molecule has 0 aromatic heterocycles. The van der Waals surface area contributed by atoms with Gasteiger partial charge >= 0.3 is 0 Å². The van der Waals surface area contributed by atoms with Crippen molar-refractivity contribution >= 4 is 5.69 Å². The molecule has 0 radical (unpaired) electrons. The highest BCUT2D eigenvalue weighted by Gasteiger charge is 2.07. The van der Waals surface area contributed by atoms with Crippen molar-refractivity contribution in [3.63, 3.8) is 0 Å². The first-order valence-electron chi connectivity index (χ1n) is 5.31. The molecule has 0 saturated carbocycles. The molecule has 0 bridgehead atoms. The molecule has 0 spiro atoms. The number of nitrogens with two attached hydrogens (primary N) is 1. The van der Waals surface area contributed by atoms with Gasteiger partial charge in [0.2, 0.25) is 0 Å². The van der Waals surface area contributed by atoms with Gasteiger partial charge in [-0.15, -0.1) is 0 Å². The second-order valence-corrected chi connectivity index (χ2v) is 3.73. The number of aryl methyl sites for hydroxylation is 1. The Morgan fingerprint density at radius 2 is 1.75 bits per heavy atom. The summed E-state index contributed by atoms with van der Waals surface area (Å²) in [5, 5.41) is 17.2. The summed E-state index contributed by atoms with van der Waals surface area (Å²) in [6.45, 7) is 2.01. The number of hydrogen-bond donors (Lipinski definition) is 1. The minimum absolute atomic E-state index is 0.479. The van der Waals surface area contributed by atoms with Crippen molar-refractivity contribution in [2.45, 2.75) is 32.6 Å². The fourth-order valence-electron chi connectivity index (χ4n) is 1.80. The molecule has 16 heavy (non-hydrogen) atoms. The van der Waals surface area contributed by atoms with Crippen molar-refractivity contribution in [1.29, 1.82) is 10.5 Å². The van der Waals surface area contributed by atoms with Crippen LogP contribution in [-0.2, 0) is 12.8 Å². The Balaban J connectivity index is 2.98. The van der Waals surface area contributed by atoms with Crippen molar-refractivity contribution in [3.05, 3.63) is 28.8 Å². The molecule has 0 aliphatic heterocycles. The van der Waals surface area contributed by atoms with E-state index in [4.69, 9.17) is 16.3 Å². The van der Waals surface area contributed by atoms with Gasteiger partial charge in [-0.05, 0) is 42.5 Å². The first-order chi connectivity index (χ1) is 7.70. The predicted molar refractivity (Wildman–Crippen MR) is 63.5 cm³/mol. The topological polar surface area (TPSA) is 73.6 Å². The monoisotopic (exact) mass is 213 g/mol. The Bertz CT molecular complexity index is 449. The van der Waals surface area contributed by atoms with E-state index in [1.54, 1.807) is 0 Å². The fourth-order valence-corrected chi connectivity index (χ4v) is 1.80. The molecule has 2 N–H and O–H groups in total. The van der Waals surface area contributed by atoms with Gasteiger partial charge in [0.15, 0.2) is 0 Å². The average molecular weight is 213 g/mol. The van der Waals surface area contributed by atoms with E-state index in [1.165, 1.54) is 0 Å². The maximum Gasteiger partial charge on any atom is 0.0625 e. The van der Waals surface area contributed by atoms with E-state index >= 15 is 0 Å². The lowest BCUT2D eigenvalue weighted by Crippen LogP contribution is -2.01. The number of hydrogen-bond acceptors (Lipinski definition) is 3. The average Bonchev–Trinajstić information content (AvgIpc) is 2.28. The van der Waals surface area contributed by atoms with Crippen LogP contribution in [0.25, 0.3) is 0 Å². The van der Waals surface area contributed by atoms with Crippen LogP contribution in [0.15, 0.2) is 12.1 Å². The van der Waals surface area contributed by atoms with Crippen molar-refractivity contribution in [3.8, 4) is 12.1 Å². The van der Waals surface area contributed by atoms with E-state index in [1.807, 2.05) is 19.1 Å². The first kappa shape index (κ1) is 12.1. The standard InChI is InChI=1S/C13H15N3/c1-10-11(4-2-8-14)6-7-13(16)12(10)5-3-9-15/h6-7H,2-5,16H2,1H3.